The van der Waals surface area contributed by atoms with Gasteiger partial charge in [-0.3, -0.25) is 9.59 Å². The fraction of sp³-hybridized carbons (Fsp3) is 0.875. The molecular weight excluding hydrogens is 266 g/mol. The fourth-order valence-electron chi connectivity index (χ4n) is 3.61. The molecule has 0 aliphatic heterocycles. The maximum absolute atomic E-state index is 12.2. The van der Waals surface area contributed by atoms with Gasteiger partial charge in [-0.2, -0.15) is 0 Å². The highest BCUT2D eigenvalue weighted by molar-refractivity contribution is 5.86. The van der Waals surface area contributed by atoms with E-state index in [0.717, 1.165) is 38.5 Å². The van der Waals surface area contributed by atoms with Crippen molar-refractivity contribution in [2.45, 2.75) is 76.3 Å². The second-order valence-corrected chi connectivity index (χ2v) is 6.92. The quantitative estimate of drug-likeness (QED) is 0.734. The molecule has 21 heavy (non-hydrogen) atoms. The first kappa shape index (κ1) is 16.3. The molecule has 2 saturated carbocycles. The average Bonchev–Trinajstić information content (AvgIpc) is 2.45. The van der Waals surface area contributed by atoms with E-state index in [1.165, 1.54) is 19.3 Å². The summed E-state index contributed by atoms with van der Waals surface area (Å²) in [5, 5.41) is 5.78. The highest BCUT2D eigenvalue weighted by Gasteiger charge is 2.37. The van der Waals surface area contributed by atoms with Crippen LogP contribution >= 0.6 is 0 Å². The molecular formula is C16H29N3O2. The molecule has 0 aromatic carbocycles. The lowest BCUT2D eigenvalue weighted by Crippen LogP contribution is -2.54. The van der Waals surface area contributed by atoms with Crippen LogP contribution in [0.2, 0.25) is 0 Å². The number of hydrogen-bond donors (Lipinski definition) is 3. The largest absolute Gasteiger partial charge is 0.352 e. The van der Waals surface area contributed by atoms with Crippen molar-refractivity contribution in [2.75, 3.05) is 6.54 Å². The van der Waals surface area contributed by atoms with Gasteiger partial charge in [-0.25, -0.2) is 0 Å². The molecule has 0 radical (unpaired) electrons. The first-order valence-corrected chi connectivity index (χ1v) is 8.35. The van der Waals surface area contributed by atoms with Gasteiger partial charge in [-0.15, -0.1) is 0 Å². The Balaban J connectivity index is 1.73. The summed E-state index contributed by atoms with van der Waals surface area (Å²) >= 11 is 0. The van der Waals surface area contributed by atoms with E-state index in [1.807, 2.05) is 6.92 Å². The van der Waals surface area contributed by atoms with Gasteiger partial charge in [0.05, 0.1) is 12.5 Å². The van der Waals surface area contributed by atoms with Crippen molar-refractivity contribution in [2.24, 2.45) is 11.7 Å². The monoisotopic (exact) mass is 295 g/mol. The number of hydrogen-bond acceptors (Lipinski definition) is 3. The highest BCUT2D eigenvalue weighted by atomic mass is 16.2. The van der Waals surface area contributed by atoms with Crippen LogP contribution in [0.4, 0.5) is 0 Å². The van der Waals surface area contributed by atoms with Gasteiger partial charge in [0.1, 0.15) is 0 Å². The van der Waals surface area contributed by atoms with Crippen LogP contribution in [0.3, 0.4) is 0 Å². The standard InChI is InChI=1S/C16H29N3O2/c1-16(17)10-6-5-9-13(16)15(21)18-11-14(20)19-12-7-3-2-4-8-12/h12-13H,2-11,17H2,1H3,(H,18,21)(H,19,20). The molecule has 0 bridgehead atoms. The van der Waals surface area contributed by atoms with Crippen LogP contribution in [0.15, 0.2) is 0 Å². The Morgan fingerprint density at radius 3 is 2.43 bits per heavy atom. The SMILES string of the molecule is CC1(N)CCCCC1C(=O)NCC(=O)NC1CCCCC1. The molecule has 0 aromatic rings. The van der Waals surface area contributed by atoms with Gasteiger partial charge in [-0.1, -0.05) is 32.1 Å². The van der Waals surface area contributed by atoms with Gasteiger partial charge in [-0.05, 0) is 32.6 Å². The summed E-state index contributed by atoms with van der Waals surface area (Å²) in [6.07, 6.45) is 9.57. The molecule has 120 valence electrons. The van der Waals surface area contributed by atoms with Crippen LogP contribution in [-0.2, 0) is 9.59 Å². The molecule has 0 spiro atoms. The van der Waals surface area contributed by atoms with Gasteiger partial charge in [0.25, 0.3) is 0 Å². The summed E-state index contributed by atoms with van der Waals surface area (Å²) in [7, 11) is 0. The molecule has 0 saturated heterocycles. The molecule has 5 nitrogen and oxygen atoms in total. The van der Waals surface area contributed by atoms with Crippen molar-refractivity contribution in [1.82, 2.24) is 10.6 Å². The molecule has 0 heterocycles. The summed E-state index contributed by atoms with van der Waals surface area (Å²) in [6, 6.07) is 0.289. The third kappa shape index (κ3) is 4.70. The molecule has 2 amide bonds. The Morgan fingerprint density at radius 1 is 1.10 bits per heavy atom. The van der Waals surface area contributed by atoms with Crippen molar-refractivity contribution >= 4 is 11.8 Å². The van der Waals surface area contributed by atoms with E-state index in [1.54, 1.807) is 0 Å². The van der Waals surface area contributed by atoms with Crippen LogP contribution in [0.25, 0.3) is 0 Å². The number of carbonyl (C=O) groups excluding carboxylic acids is 2. The first-order chi connectivity index (χ1) is 9.99. The number of rotatable bonds is 4. The van der Waals surface area contributed by atoms with Crippen LogP contribution in [0, 0.1) is 5.92 Å². The van der Waals surface area contributed by atoms with Gasteiger partial charge < -0.3 is 16.4 Å². The summed E-state index contributed by atoms with van der Waals surface area (Å²) in [5.41, 5.74) is 5.78. The Morgan fingerprint density at radius 2 is 1.76 bits per heavy atom. The van der Waals surface area contributed by atoms with Crippen LogP contribution in [0.1, 0.15) is 64.7 Å². The predicted octanol–water partition coefficient (Wildman–Crippen LogP) is 1.46. The first-order valence-electron chi connectivity index (χ1n) is 8.35. The number of nitrogens with one attached hydrogen (secondary N) is 2. The minimum atomic E-state index is -0.442. The molecule has 2 atom stereocenters. The smallest absolute Gasteiger partial charge is 0.239 e. The summed E-state index contributed by atoms with van der Waals surface area (Å²) in [4.78, 5) is 24.1. The van der Waals surface area contributed by atoms with Gasteiger partial charge >= 0.3 is 0 Å². The number of carbonyl (C=O) groups is 2. The maximum Gasteiger partial charge on any atom is 0.239 e. The van der Waals surface area contributed by atoms with E-state index in [2.05, 4.69) is 10.6 Å². The molecule has 2 fully saturated rings. The van der Waals surface area contributed by atoms with Crippen molar-refractivity contribution in [3.63, 3.8) is 0 Å². The zero-order valence-corrected chi connectivity index (χ0v) is 13.1. The van der Waals surface area contributed by atoms with Crippen molar-refractivity contribution < 1.29 is 9.59 Å². The summed E-state index contributed by atoms with van der Waals surface area (Å²) in [6.45, 7) is 2.01. The lowest BCUT2D eigenvalue weighted by atomic mass is 9.74. The maximum atomic E-state index is 12.2. The fourth-order valence-corrected chi connectivity index (χ4v) is 3.61. The van der Waals surface area contributed by atoms with Gasteiger partial charge in [0, 0.05) is 11.6 Å². The highest BCUT2D eigenvalue weighted by Crippen LogP contribution is 2.31. The number of amides is 2. The second-order valence-electron chi connectivity index (χ2n) is 6.92. The van der Waals surface area contributed by atoms with E-state index in [0.29, 0.717) is 0 Å². The van der Waals surface area contributed by atoms with Crippen molar-refractivity contribution in [3.8, 4) is 0 Å². The van der Waals surface area contributed by atoms with E-state index < -0.39 is 5.54 Å². The average molecular weight is 295 g/mol. The topological polar surface area (TPSA) is 84.2 Å². The van der Waals surface area contributed by atoms with Gasteiger partial charge in [0.15, 0.2) is 0 Å². The summed E-state index contributed by atoms with van der Waals surface area (Å²) in [5.74, 6) is -0.322. The molecule has 2 unspecified atom stereocenters. The minimum absolute atomic E-state index is 0.0708. The van der Waals surface area contributed by atoms with Crippen molar-refractivity contribution in [3.05, 3.63) is 0 Å². The Hall–Kier alpha value is -1.10. The normalized spacial score (nSPS) is 30.7. The third-order valence-corrected chi connectivity index (χ3v) is 4.96. The third-order valence-electron chi connectivity index (χ3n) is 4.96. The minimum Gasteiger partial charge on any atom is -0.352 e. The lowest BCUT2D eigenvalue weighted by molar-refractivity contribution is -0.131. The van der Waals surface area contributed by atoms with Crippen LogP contribution in [-0.4, -0.2) is 29.9 Å². The molecule has 2 rings (SSSR count). The van der Waals surface area contributed by atoms with E-state index in [-0.39, 0.29) is 30.3 Å². The zero-order valence-electron chi connectivity index (χ0n) is 13.1. The van der Waals surface area contributed by atoms with Crippen LogP contribution < -0.4 is 16.4 Å². The molecule has 5 heteroatoms. The van der Waals surface area contributed by atoms with Gasteiger partial charge in [0.2, 0.25) is 11.8 Å². The van der Waals surface area contributed by atoms with Crippen molar-refractivity contribution in [1.29, 1.82) is 0 Å². The summed E-state index contributed by atoms with van der Waals surface area (Å²) < 4.78 is 0. The Bertz CT molecular complexity index is 376. The molecule has 2 aliphatic carbocycles. The van der Waals surface area contributed by atoms with E-state index in [9.17, 15) is 9.59 Å². The van der Waals surface area contributed by atoms with E-state index >= 15 is 0 Å². The Kier molecular flexibility index (Phi) is 5.62. The lowest BCUT2D eigenvalue weighted by Gasteiger charge is -2.37. The Labute approximate surface area is 127 Å². The predicted molar refractivity (Wildman–Crippen MR) is 82.6 cm³/mol. The molecule has 0 aromatic heterocycles. The zero-order chi connectivity index (χ0) is 15.3. The van der Waals surface area contributed by atoms with E-state index in [4.69, 9.17) is 5.73 Å². The molecule has 2 aliphatic rings. The second kappa shape index (κ2) is 7.25. The molecule has 4 N–H and O–H groups in total. The number of nitrogens with two attached hydrogens (primary N) is 1. The van der Waals surface area contributed by atoms with Crippen LogP contribution in [0.5, 0.6) is 0 Å².